The number of esters is 1. The molecule has 8 nitrogen and oxygen atoms in total. The first-order valence-electron chi connectivity index (χ1n) is 17.2. The Balaban J connectivity index is 1.52. The summed E-state index contributed by atoms with van der Waals surface area (Å²) in [7, 11) is 5.96. The largest absolute Gasteiger partial charge is 0.441 e. The molecule has 0 fully saturated rings. The first-order chi connectivity index (χ1) is 25.0. The van der Waals surface area contributed by atoms with Crippen LogP contribution in [0.25, 0.3) is 0 Å². The molecular formula is C38H42ClF6N3O5. The maximum absolute atomic E-state index is 15.5. The van der Waals surface area contributed by atoms with Gasteiger partial charge in [0.15, 0.2) is 5.60 Å². The van der Waals surface area contributed by atoms with Gasteiger partial charge < -0.3 is 29.3 Å². The molecule has 53 heavy (non-hydrogen) atoms. The lowest BCUT2D eigenvalue weighted by molar-refractivity contribution is -0.290. The summed E-state index contributed by atoms with van der Waals surface area (Å²) < 4.78 is 110. The summed E-state index contributed by atoms with van der Waals surface area (Å²) in [4.78, 5) is 29.6. The van der Waals surface area contributed by atoms with Gasteiger partial charge in [0.2, 0.25) is 5.41 Å². The second-order valence-electron chi connectivity index (χ2n) is 13.4. The van der Waals surface area contributed by atoms with Crippen LogP contribution in [0, 0.1) is 0 Å². The van der Waals surface area contributed by atoms with Gasteiger partial charge in [0, 0.05) is 80.9 Å². The average Bonchev–Trinajstić information content (AvgIpc) is 3.38. The van der Waals surface area contributed by atoms with Gasteiger partial charge >= 0.3 is 18.3 Å². The summed E-state index contributed by atoms with van der Waals surface area (Å²) in [5, 5.41) is 2.70. The van der Waals surface area contributed by atoms with Gasteiger partial charge in [-0.25, -0.2) is 4.79 Å². The standard InChI is InChI=1S/C38H42ClF6N3O5/c1-47(2)25-10-13-28-31(22-25)36(37(40,41)42,38(43,44)45)32-23-26(48(3)4)11-14-29(32)35(28)30-21-24(9-12-27(30)34(50)53-35)33(49)46-16-18-52-20-19-51-17-8-6-5-7-15-39/h9-14,21-23H,5-8,15-20H2,1-4H3,(H,46,49). The number of benzene rings is 3. The Labute approximate surface area is 309 Å². The fourth-order valence-electron chi connectivity index (χ4n) is 7.03. The summed E-state index contributed by atoms with van der Waals surface area (Å²) in [6.07, 6.45) is -7.82. The van der Waals surface area contributed by atoms with E-state index >= 15 is 26.3 Å². The van der Waals surface area contributed by atoms with Crippen LogP contribution in [-0.4, -0.2) is 91.3 Å². The smallest absolute Gasteiger partial charge is 0.411 e. The van der Waals surface area contributed by atoms with Crippen LogP contribution < -0.4 is 15.1 Å². The molecule has 0 radical (unpaired) electrons. The van der Waals surface area contributed by atoms with Crippen molar-refractivity contribution >= 4 is 34.9 Å². The number of carbonyl (C=O) groups is 2. The van der Waals surface area contributed by atoms with E-state index < -0.39 is 57.5 Å². The SMILES string of the molecule is CN(C)c1ccc2c(c1)C(C(F)(F)F)(C(F)(F)F)c1cc(N(C)C)ccc1C21OC(=O)c2ccc(C(=O)NCCOCCOCCCCCCCl)cc21. The molecule has 0 bridgehead atoms. The summed E-state index contributed by atoms with van der Waals surface area (Å²) in [5.74, 6) is -0.918. The van der Waals surface area contributed by atoms with Gasteiger partial charge in [0.25, 0.3) is 5.91 Å². The molecule has 3 aromatic carbocycles. The van der Waals surface area contributed by atoms with Gasteiger partial charge in [0.05, 0.1) is 25.4 Å². The van der Waals surface area contributed by atoms with Crippen LogP contribution in [0.5, 0.6) is 0 Å². The first kappa shape index (κ1) is 40.2. The van der Waals surface area contributed by atoms with E-state index in [1.165, 1.54) is 68.3 Å². The van der Waals surface area contributed by atoms with Crippen molar-refractivity contribution in [2.45, 2.75) is 49.1 Å². The number of ether oxygens (including phenoxy) is 3. The first-order valence-corrected chi connectivity index (χ1v) is 17.7. The van der Waals surface area contributed by atoms with Gasteiger partial charge in [-0.05, 0) is 66.4 Å². The van der Waals surface area contributed by atoms with Gasteiger partial charge in [-0.3, -0.25) is 4.79 Å². The van der Waals surface area contributed by atoms with Crippen molar-refractivity contribution in [3.63, 3.8) is 0 Å². The third kappa shape index (κ3) is 7.29. The average molecular weight is 770 g/mol. The molecule has 1 amide bonds. The Kier molecular flexibility index (Phi) is 12.0. The number of anilines is 2. The number of hydrogen-bond acceptors (Lipinski definition) is 7. The van der Waals surface area contributed by atoms with Crippen molar-refractivity contribution in [1.29, 1.82) is 0 Å². The van der Waals surface area contributed by atoms with E-state index in [9.17, 15) is 9.59 Å². The highest BCUT2D eigenvalue weighted by Gasteiger charge is 2.77. The molecule has 15 heteroatoms. The monoisotopic (exact) mass is 769 g/mol. The van der Waals surface area contributed by atoms with E-state index in [0.717, 1.165) is 49.9 Å². The second-order valence-corrected chi connectivity index (χ2v) is 13.8. The van der Waals surface area contributed by atoms with Crippen molar-refractivity contribution in [2.24, 2.45) is 0 Å². The van der Waals surface area contributed by atoms with Crippen LogP contribution in [-0.2, 0) is 25.2 Å². The lowest BCUT2D eigenvalue weighted by Crippen LogP contribution is -2.59. The van der Waals surface area contributed by atoms with Crippen LogP contribution in [0.2, 0.25) is 0 Å². The molecule has 0 aromatic heterocycles. The summed E-state index contributed by atoms with van der Waals surface area (Å²) in [6, 6.07) is 10.6. The van der Waals surface area contributed by atoms with Gasteiger partial charge in [0.1, 0.15) is 0 Å². The molecule has 0 saturated carbocycles. The third-order valence-corrected chi connectivity index (χ3v) is 9.93. The Hall–Kier alpha value is -4.01. The Morgan fingerprint density at radius 1 is 0.717 bits per heavy atom. The number of halogens is 7. The topological polar surface area (TPSA) is 80.3 Å². The van der Waals surface area contributed by atoms with Gasteiger partial charge in [-0.1, -0.05) is 25.0 Å². The third-order valence-electron chi connectivity index (χ3n) is 9.66. The Morgan fingerprint density at radius 3 is 1.79 bits per heavy atom. The number of fused-ring (bicyclic) bond motifs is 6. The minimum absolute atomic E-state index is 0.0142. The van der Waals surface area contributed by atoms with Gasteiger partial charge in [-0.15, -0.1) is 11.6 Å². The fourth-order valence-corrected chi connectivity index (χ4v) is 7.22. The molecule has 1 aliphatic carbocycles. The van der Waals surface area contributed by atoms with Crippen LogP contribution >= 0.6 is 11.6 Å². The highest BCUT2D eigenvalue weighted by Crippen LogP contribution is 2.66. The zero-order valence-electron chi connectivity index (χ0n) is 29.8. The maximum atomic E-state index is 15.5. The predicted octanol–water partition coefficient (Wildman–Crippen LogP) is 7.57. The quantitative estimate of drug-likeness (QED) is 0.0740. The fraction of sp³-hybridized carbons (Fsp3) is 0.474. The normalized spacial score (nSPS) is 15.4. The van der Waals surface area contributed by atoms with Crippen molar-refractivity contribution in [1.82, 2.24) is 5.32 Å². The molecule has 3 aromatic rings. The number of nitrogens with one attached hydrogen (secondary N) is 1. The molecule has 1 aliphatic heterocycles. The minimum atomic E-state index is -5.89. The summed E-state index contributed by atoms with van der Waals surface area (Å²) in [6.45, 7) is 1.54. The lowest BCUT2D eigenvalue weighted by atomic mass is 9.59. The highest BCUT2D eigenvalue weighted by atomic mass is 35.5. The van der Waals surface area contributed by atoms with E-state index in [1.54, 1.807) is 0 Å². The number of hydrogen-bond donors (Lipinski definition) is 1. The predicted molar refractivity (Wildman–Crippen MR) is 189 cm³/mol. The highest BCUT2D eigenvalue weighted by molar-refractivity contribution is 6.17. The van der Waals surface area contributed by atoms with Crippen LogP contribution in [0.3, 0.4) is 0 Å². The van der Waals surface area contributed by atoms with Crippen molar-refractivity contribution in [3.05, 3.63) is 93.5 Å². The van der Waals surface area contributed by atoms with Crippen LogP contribution in [0.1, 0.15) is 74.2 Å². The van der Waals surface area contributed by atoms with E-state index in [-0.39, 0.29) is 41.2 Å². The van der Waals surface area contributed by atoms with E-state index in [1.807, 2.05) is 0 Å². The number of unbranched alkanes of at least 4 members (excludes halogenated alkanes) is 3. The molecule has 0 atom stereocenters. The van der Waals surface area contributed by atoms with Crippen LogP contribution in [0.15, 0.2) is 54.6 Å². The Bertz CT molecular complexity index is 1740. The molecule has 0 unspecified atom stereocenters. The number of rotatable bonds is 15. The molecule has 0 saturated heterocycles. The van der Waals surface area contributed by atoms with Gasteiger partial charge in [-0.2, -0.15) is 26.3 Å². The summed E-state index contributed by atoms with van der Waals surface area (Å²) >= 11 is 5.67. The minimum Gasteiger partial charge on any atom is -0.441 e. The molecule has 1 spiro atoms. The Morgan fingerprint density at radius 2 is 1.26 bits per heavy atom. The van der Waals surface area contributed by atoms with Crippen molar-refractivity contribution < 1.29 is 50.1 Å². The van der Waals surface area contributed by atoms with E-state index in [2.05, 4.69) is 5.32 Å². The number of nitrogens with zero attached hydrogens (tertiary/aromatic N) is 2. The lowest BCUT2D eigenvalue weighted by Gasteiger charge is -2.48. The molecule has 1 heterocycles. The zero-order valence-corrected chi connectivity index (χ0v) is 30.6. The molecule has 5 rings (SSSR count). The maximum Gasteiger partial charge on any atom is 0.411 e. The number of alkyl halides is 7. The molecular weight excluding hydrogens is 728 g/mol. The van der Waals surface area contributed by atoms with Crippen LogP contribution in [0.4, 0.5) is 37.7 Å². The summed E-state index contributed by atoms with van der Waals surface area (Å²) in [5.41, 5.74) is -10.1. The molecule has 1 N–H and O–H groups in total. The number of carbonyl (C=O) groups excluding carboxylic acids is 2. The number of amides is 1. The van der Waals surface area contributed by atoms with E-state index in [0.29, 0.717) is 25.7 Å². The molecule has 288 valence electrons. The van der Waals surface area contributed by atoms with E-state index in [4.69, 9.17) is 25.8 Å². The molecule has 2 aliphatic rings. The second kappa shape index (κ2) is 15.8. The van der Waals surface area contributed by atoms with Crippen molar-refractivity contribution in [3.8, 4) is 0 Å². The van der Waals surface area contributed by atoms with Crippen molar-refractivity contribution in [2.75, 3.05) is 76.8 Å². The zero-order chi connectivity index (χ0) is 38.8.